The largest absolute Gasteiger partial charge is 0.439 e. The van der Waals surface area contributed by atoms with E-state index in [-0.39, 0.29) is 5.91 Å². The lowest BCUT2D eigenvalue weighted by atomic mass is 10.2. The van der Waals surface area contributed by atoms with Crippen molar-refractivity contribution in [1.29, 1.82) is 0 Å². The Morgan fingerprint density at radius 2 is 1.97 bits per heavy atom. The molecule has 3 heterocycles. The number of amides is 1. The maximum Gasteiger partial charge on any atom is 0.258 e. The summed E-state index contributed by atoms with van der Waals surface area (Å²) in [7, 11) is 0. The van der Waals surface area contributed by atoms with Gasteiger partial charge in [0.1, 0.15) is 15.9 Å². The lowest BCUT2D eigenvalue weighted by molar-refractivity contribution is 0.102. The Hall–Kier alpha value is -2.94. The second-order valence-corrected chi connectivity index (χ2v) is 8.17. The molecular weight excluding hydrogens is 433 g/mol. The minimum atomic E-state index is -0.331. The summed E-state index contributed by atoms with van der Waals surface area (Å²) in [5.74, 6) is 1.78. The van der Waals surface area contributed by atoms with Gasteiger partial charge in [-0.05, 0) is 43.3 Å². The van der Waals surface area contributed by atoms with Crippen molar-refractivity contribution < 1.29 is 9.53 Å². The molecule has 0 unspecified atom stereocenters. The molecule has 0 aliphatic heterocycles. The summed E-state index contributed by atoms with van der Waals surface area (Å²) in [6, 6.07) is 11.9. The van der Waals surface area contributed by atoms with Gasteiger partial charge in [0.2, 0.25) is 5.88 Å². The van der Waals surface area contributed by atoms with Crippen LogP contribution >= 0.6 is 34.5 Å². The van der Waals surface area contributed by atoms with E-state index < -0.39 is 0 Å². The zero-order valence-electron chi connectivity index (χ0n) is 15.0. The summed E-state index contributed by atoms with van der Waals surface area (Å²) in [6.45, 7) is 1.78. The molecule has 1 aromatic carbocycles. The van der Waals surface area contributed by atoms with Crippen molar-refractivity contribution >= 4 is 46.1 Å². The standard InChI is InChI=1S/C19H13Cl2N5O2S/c1-11-23-16(26-8-2-7-22-26)10-17(24-11)28-13-5-3-12(4-6-13)25-19(27)14-9-15(20)29-18(14)21/h2-10H,1H3,(H,25,27). The average Bonchev–Trinajstić information content (AvgIpc) is 3.32. The number of nitrogens with one attached hydrogen (secondary N) is 1. The van der Waals surface area contributed by atoms with Gasteiger partial charge in [-0.15, -0.1) is 11.3 Å². The number of hydrogen-bond acceptors (Lipinski definition) is 6. The highest BCUT2D eigenvalue weighted by Crippen LogP contribution is 2.32. The van der Waals surface area contributed by atoms with Crippen LogP contribution in [-0.2, 0) is 0 Å². The van der Waals surface area contributed by atoms with Gasteiger partial charge in [-0.2, -0.15) is 10.1 Å². The van der Waals surface area contributed by atoms with E-state index >= 15 is 0 Å². The fourth-order valence-electron chi connectivity index (χ4n) is 2.52. The molecule has 1 amide bonds. The molecule has 29 heavy (non-hydrogen) atoms. The Morgan fingerprint density at radius 3 is 2.62 bits per heavy atom. The highest BCUT2D eigenvalue weighted by atomic mass is 35.5. The smallest absolute Gasteiger partial charge is 0.258 e. The third-order valence-electron chi connectivity index (χ3n) is 3.78. The summed E-state index contributed by atoms with van der Waals surface area (Å²) in [5, 5.41) is 6.93. The van der Waals surface area contributed by atoms with Crippen LogP contribution < -0.4 is 10.1 Å². The van der Waals surface area contributed by atoms with Gasteiger partial charge in [0, 0.05) is 24.1 Å². The van der Waals surface area contributed by atoms with Crippen LogP contribution in [0.1, 0.15) is 16.2 Å². The number of ether oxygens (including phenoxy) is 1. The Kier molecular flexibility index (Phi) is 5.48. The first-order valence-electron chi connectivity index (χ1n) is 8.38. The summed E-state index contributed by atoms with van der Waals surface area (Å²) in [6.07, 6.45) is 3.46. The van der Waals surface area contributed by atoms with Gasteiger partial charge in [0.05, 0.1) is 9.90 Å². The fraction of sp³-hybridized carbons (Fsp3) is 0.0526. The second kappa shape index (κ2) is 8.20. The minimum absolute atomic E-state index is 0.331. The number of carbonyl (C=O) groups excluding carboxylic acids is 1. The van der Waals surface area contributed by atoms with Crippen molar-refractivity contribution in [2.24, 2.45) is 0 Å². The monoisotopic (exact) mass is 445 g/mol. The van der Waals surface area contributed by atoms with E-state index in [1.54, 1.807) is 54.3 Å². The average molecular weight is 446 g/mol. The predicted octanol–water partition coefficient (Wildman–Crippen LogP) is 5.38. The highest BCUT2D eigenvalue weighted by Gasteiger charge is 2.14. The maximum absolute atomic E-state index is 12.3. The third kappa shape index (κ3) is 4.56. The fourth-order valence-corrected chi connectivity index (χ4v) is 3.98. The van der Waals surface area contributed by atoms with Crippen molar-refractivity contribution in [1.82, 2.24) is 19.7 Å². The number of aryl methyl sites for hydroxylation is 1. The van der Waals surface area contributed by atoms with Crippen LogP contribution in [0, 0.1) is 6.92 Å². The lowest BCUT2D eigenvalue weighted by Gasteiger charge is -2.09. The number of thiophene rings is 1. The number of benzene rings is 1. The molecule has 10 heteroatoms. The van der Waals surface area contributed by atoms with Crippen molar-refractivity contribution in [3.63, 3.8) is 0 Å². The topological polar surface area (TPSA) is 81.9 Å². The Morgan fingerprint density at radius 1 is 1.17 bits per heavy atom. The van der Waals surface area contributed by atoms with Gasteiger partial charge >= 0.3 is 0 Å². The second-order valence-electron chi connectivity index (χ2n) is 5.88. The van der Waals surface area contributed by atoms with Crippen LogP contribution in [0.2, 0.25) is 8.67 Å². The first-order chi connectivity index (χ1) is 14.0. The molecule has 1 N–H and O–H groups in total. The van der Waals surface area contributed by atoms with E-state index in [2.05, 4.69) is 20.4 Å². The molecule has 4 rings (SSSR count). The van der Waals surface area contributed by atoms with Crippen molar-refractivity contribution in [2.45, 2.75) is 6.92 Å². The van der Waals surface area contributed by atoms with Crippen LogP contribution in [0.25, 0.3) is 5.82 Å². The van der Waals surface area contributed by atoms with Crippen LogP contribution in [-0.4, -0.2) is 25.7 Å². The quantitative estimate of drug-likeness (QED) is 0.445. The van der Waals surface area contributed by atoms with Crippen molar-refractivity contribution in [3.8, 4) is 17.4 Å². The number of aromatic nitrogens is 4. The van der Waals surface area contributed by atoms with E-state index in [0.717, 1.165) is 11.3 Å². The molecular formula is C19H13Cl2N5O2S. The lowest BCUT2D eigenvalue weighted by Crippen LogP contribution is -2.11. The van der Waals surface area contributed by atoms with Crippen LogP contribution in [0.4, 0.5) is 5.69 Å². The molecule has 146 valence electrons. The van der Waals surface area contributed by atoms with Crippen LogP contribution in [0.5, 0.6) is 11.6 Å². The maximum atomic E-state index is 12.3. The molecule has 0 aliphatic carbocycles. The highest BCUT2D eigenvalue weighted by molar-refractivity contribution is 7.20. The number of nitrogens with zero attached hydrogens (tertiary/aromatic N) is 4. The predicted molar refractivity (Wildman–Crippen MR) is 113 cm³/mol. The number of rotatable bonds is 5. The Balaban J connectivity index is 1.47. The van der Waals surface area contributed by atoms with Gasteiger partial charge in [0.15, 0.2) is 5.82 Å². The summed E-state index contributed by atoms with van der Waals surface area (Å²) in [5.41, 5.74) is 0.932. The molecule has 3 aromatic heterocycles. The summed E-state index contributed by atoms with van der Waals surface area (Å²) < 4.78 is 8.25. The van der Waals surface area contributed by atoms with Crippen molar-refractivity contribution in [3.05, 3.63) is 74.9 Å². The molecule has 7 nitrogen and oxygen atoms in total. The van der Waals surface area contributed by atoms with E-state index in [4.69, 9.17) is 27.9 Å². The zero-order valence-corrected chi connectivity index (χ0v) is 17.3. The molecule has 0 aliphatic rings. The molecule has 0 bridgehead atoms. The molecule has 4 aromatic rings. The zero-order chi connectivity index (χ0) is 20.4. The van der Waals surface area contributed by atoms with E-state index in [9.17, 15) is 4.79 Å². The normalized spacial score (nSPS) is 10.7. The van der Waals surface area contributed by atoms with E-state index in [1.165, 1.54) is 6.07 Å². The molecule has 0 atom stereocenters. The van der Waals surface area contributed by atoms with Gasteiger partial charge in [-0.1, -0.05) is 23.2 Å². The minimum Gasteiger partial charge on any atom is -0.439 e. The first kappa shape index (κ1) is 19.4. The Bertz CT molecular complexity index is 1160. The molecule has 0 saturated heterocycles. The number of anilines is 1. The molecule has 0 saturated carbocycles. The summed E-state index contributed by atoms with van der Waals surface area (Å²) in [4.78, 5) is 20.9. The van der Waals surface area contributed by atoms with E-state index in [1.807, 2.05) is 6.07 Å². The molecule has 0 fully saturated rings. The van der Waals surface area contributed by atoms with Gasteiger partial charge in [0.25, 0.3) is 5.91 Å². The van der Waals surface area contributed by atoms with E-state index in [0.29, 0.717) is 43.2 Å². The SMILES string of the molecule is Cc1nc(Oc2ccc(NC(=O)c3cc(Cl)sc3Cl)cc2)cc(-n2cccn2)n1. The molecule has 0 spiro atoms. The van der Waals surface area contributed by atoms with Gasteiger partial charge < -0.3 is 10.1 Å². The summed E-state index contributed by atoms with van der Waals surface area (Å²) >= 11 is 13.1. The van der Waals surface area contributed by atoms with Gasteiger partial charge in [-0.3, -0.25) is 4.79 Å². The number of hydrogen-bond donors (Lipinski definition) is 1. The number of halogens is 2. The van der Waals surface area contributed by atoms with Gasteiger partial charge in [-0.25, -0.2) is 9.67 Å². The van der Waals surface area contributed by atoms with Crippen LogP contribution in [0.3, 0.4) is 0 Å². The van der Waals surface area contributed by atoms with Crippen LogP contribution in [0.15, 0.2) is 54.9 Å². The van der Waals surface area contributed by atoms with Crippen molar-refractivity contribution in [2.75, 3.05) is 5.32 Å². The number of carbonyl (C=O) groups is 1. The third-order valence-corrected chi connectivity index (χ3v) is 5.26. The molecule has 0 radical (unpaired) electrons. The first-order valence-corrected chi connectivity index (χ1v) is 9.95. The Labute approximate surface area is 179 Å².